The van der Waals surface area contributed by atoms with Crippen molar-refractivity contribution in [1.29, 1.82) is 0 Å². The number of rotatable bonds is 16. The van der Waals surface area contributed by atoms with Crippen molar-refractivity contribution in [1.82, 2.24) is 0 Å². The van der Waals surface area contributed by atoms with E-state index in [-0.39, 0.29) is 67.7 Å². The van der Waals surface area contributed by atoms with Crippen molar-refractivity contribution in [3.8, 4) is 5.75 Å². The minimum Gasteiger partial charge on any atom is -0.482 e. The van der Waals surface area contributed by atoms with Gasteiger partial charge in [0.25, 0.3) is 0 Å². The lowest BCUT2D eigenvalue weighted by Gasteiger charge is -2.39. The molecule has 1 fully saturated rings. The van der Waals surface area contributed by atoms with Crippen LogP contribution in [0.5, 0.6) is 5.75 Å². The molecule has 280 valence electrons. The average Bonchev–Trinajstić information content (AvgIpc) is 3.44. The molecule has 52 heavy (non-hydrogen) atoms. The van der Waals surface area contributed by atoms with Crippen LogP contribution in [0.3, 0.4) is 0 Å². The minimum atomic E-state index is -1.94. The van der Waals surface area contributed by atoms with Crippen molar-refractivity contribution in [2.45, 2.75) is 116 Å². The lowest BCUT2D eigenvalue weighted by Crippen LogP contribution is -2.43. The normalized spacial score (nSPS) is 20.3. The molecule has 3 aromatic rings. The Hall–Kier alpha value is -3.95. The maximum Gasteiger partial charge on any atom is 0.344 e. The van der Waals surface area contributed by atoms with Crippen molar-refractivity contribution in [2.75, 3.05) is 6.61 Å². The van der Waals surface area contributed by atoms with Crippen LogP contribution in [-0.4, -0.2) is 45.0 Å². The maximum absolute atomic E-state index is 13.2. The third-order valence-corrected chi connectivity index (χ3v) is 15.8. The zero-order valence-electron chi connectivity index (χ0n) is 31.7. The van der Waals surface area contributed by atoms with Gasteiger partial charge in [-0.3, -0.25) is 9.59 Å². The second kappa shape index (κ2) is 17.7. The smallest absolute Gasteiger partial charge is 0.344 e. The van der Waals surface area contributed by atoms with Crippen molar-refractivity contribution >= 4 is 26.2 Å². The first-order valence-electron chi connectivity index (χ1n) is 18.8. The van der Waals surface area contributed by atoms with Crippen LogP contribution in [-0.2, 0) is 59.1 Å². The Balaban J connectivity index is 1.22. The molecule has 0 bridgehead atoms. The second-order valence-corrected chi connectivity index (χ2v) is 20.8. The van der Waals surface area contributed by atoms with Crippen LogP contribution in [0.4, 0.5) is 0 Å². The van der Waals surface area contributed by atoms with Crippen LogP contribution >= 0.6 is 0 Å². The third kappa shape index (κ3) is 10.8. The van der Waals surface area contributed by atoms with Gasteiger partial charge in [0.2, 0.25) is 0 Å². The van der Waals surface area contributed by atoms with E-state index in [0.29, 0.717) is 11.7 Å². The summed E-state index contributed by atoms with van der Waals surface area (Å²) in [6, 6.07) is 25.1. The highest BCUT2D eigenvalue weighted by Crippen LogP contribution is 2.50. The first-order valence-corrected chi connectivity index (χ1v) is 21.7. The van der Waals surface area contributed by atoms with E-state index in [1.807, 2.05) is 72.8 Å². The fraction of sp³-hybridized carbons (Fsp3) is 0.512. The van der Waals surface area contributed by atoms with Crippen LogP contribution in [0.15, 0.2) is 78.9 Å². The monoisotopic (exact) mass is 728 g/mol. The first-order chi connectivity index (χ1) is 24.8. The van der Waals surface area contributed by atoms with Crippen LogP contribution in [0.25, 0.3) is 0 Å². The van der Waals surface area contributed by atoms with E-state index < -0.39 is 20.3 Å². The molecule has 0 unspecified atom stereocenters. The Morgan fingerprint density at radius 1 is 0.788 bits per heavy atom. The highest BCUT2D eigenvalue weighted by Gasteiger charge is 2.47. The Kier molecular flexibility index (Phi) is 13.4. The fourth-order valence-corrected chi connectivity index (χ4v) is 8.85. The molecule has 0 heterocycles. The van der Waals surface area contributed by atoms with Crippen LogP contribution < -0.4 is 4.74 Å². The standard InChI is InChI=1S/C43H56O8Si/c1-30(51-52(5,6)43(2,3)4)20-21-35-36-24-33-18-13-19-38(47-29-42(46)49-28-32-16-11-8-12-17-32)37(33)25-34(36)26-39(35)50-41(45)23-22-40(44)48-27-31-14-9-7-10-15-31/h7-19,30,34-36,39H,20-29H2,1-6H3/t30-,34-,35+,36-,39+/m0/s1. The summed E-state index contributed by atoms with van der Waals surface area (Å²) in [7, 11) is -1.94. The zero-order valence-corrected chi connectivity index (χ0v) is 32.7. The molecule has 2 aliphatic rings. The van der Waals surface area contributed by atoms with Crippen molar-refractivity contribution in [2.24, 2.45) is 17.8 Å². The fourth-order valence-electron chi connectivity index (χ4n) is 7.37. The molecule has 8 nitrogen and oxygen atoms in total. The predicted octanol–water partition coefficient (Wildman–Crippen LogP) is 8.79. The molecule has 5 rings (SSSR count). The molecular formula is C43H56O8Si. The summed E-state index contributed by atoms with van der Waals surface area (Å²) in [5, 5.41) is 0.117. The summed E-state index contributed by atoms with van der Waals surface area (Å²) < 4.78 is 29.8. The van der Waals surface area contributed by atoms with Crippen molar-refractivity contribution < 1.29 is 37.8 Å². The number of ether oxygens (including phenoxy) is 4. The van der Waals surface area contributed by atoms with Gasteiger partial charge >= 0.3 is 17.9 Å². The van der Waals surface area contributed by atoms with E-state index >= 15 is 0 Å². The maximum atomic E-state index is 13.2. The van der Waals surface area contributed by atoms with Gasteiger partial charge in [-0.15, -0.1) is 0 Å². The van der Waals surface area contributed by atoms with E-state index in [0.717, 1.165) is 48.8 Å². The molecule has 9 heteroatoms. The topological polar surface area (TPSA) is 97.4 Å². The van der Waals surface area contributed by atoms with Gasteiger partial charge in [0, 0.05) is 6.10 Å². The van der Waals surface area contributed by atoms with E-state index in [1.165, 1.54) is 5.56 Å². The van der Waals surface area contributed by atoms with E-state index in [2.05, 4.69) is 46.9 Å². The minimum absolute atomic E-state index is 0.0182. The van der Waals surface area contributed by atoms with Gasteiger partial charge in [-0.2, -0.15) is 0 Å². The number of benzene rings is 3. The number of carbonyl (C=O) groups is 3. The van der Waals surface area contributed by atoms with Gasteiger partial charge in [0.1, 0.15) is 25.1 Å². The van der Waals surface area contributed by atoms with E-state index in [9.17, 15) is 14.4 Å². The Morgan fingerprint density at radius 2 is 1.40 bits per heavy atom. The zero-order chi connectivity index (χ0) is 37.3. The number of esters is 3. The molecule has 2 aliphatic carbocycles. The second-order valence-electron chi connectivity index (χ2n) is 16.0. The Morgan fingerprint density at radius 3 is 2.04 bits per heavy atom. The van der Waals surface area contributed by atoms with Crippen LogP contribution in [0.2, 0.25) is 18.1 Å². The van der Waals surface area contributed by atoms with E-state index in [1.54, 1.807) is 0 Å². The molecule has 5 atom stereocenters. The number of fused-ring (bicyclic) bond motifs is 2. The third-order valence-electron chi connectivity index (χ3n) is 11.2. The molecule has 0 aromatic heterocycles. The lowest BCUT2D eigenvalue weighted by molar-refractivity contribution is -0.155. The van der Waals surface area contributed by atoms with Crippen LogP contribution in [0, 0.1) is 17.8 Å². The molecule has 0 aliphatic heterocycles. The molecule has 1 saturated carbocycles. The van der Waals surface area contributed by atoms with E-state index in [4.69, 9.17) is 23.4 Å². The number of hydrogen-bond acceptors (Lipinski definition) is 8. The highest BCUT2D eigenvalue weighted by atomic mass is 28.4. The molecule has 3 aromatic carbocycles. The van der Waals surface area contributed by atoms with Gasteiger partial charge in [-0.25, -0.2) is 4.79 Å². The summed E-state index contributed by atoms with van der Waals surface area (Å²) in [6.07, 6.45) is 3.92. The van der Waals surface area contributed by atoms with Gasteiger partial charge < -0.3 is 23.4 Å². The van der Waals surface area contributed by atoms with Crippen molar-refractivity contribution in [3.63, 3.8) is 0 Å². The summed E-state index contributed by atoms with van der Waals surface area (Å²) in [5.74, 6) is 0.281. The van der Waals surface area contributed by atoms with Gasteiger partial charge in [-0.1, -0.05) is 93.6 Å². The predicted molar refractivity (Wildman–Crippen MR) is 203 cm³/mol. The van der Waals surface area contributed by atoms with Crippen molar-refractivity contribution in [3.05, 3.63) is 101 Å². The largest absolute Gasteiger partial charge is 0.482 e. The summed E-state index contributed by atoms with van der Waals surface area (Å²) in [6.45, 7) is 13.7. The first kappa shape index (κ1) is 39.3. The van der Waals surface area contributed by atoms with Crippen LogP contribution in [0.1, 0.15) is 82.1 Å². The highest BCUT2D eigenvalue weighted by molar-refractivity contribution is 6.74. The summed E-state index contributed by atoms with van der Waals surface area (Å²) >= 11 is 0. The quantitative estimate of drug-likeness (QED) is 0.0821. The lowest BCUT2D eigenvalue weighted by atomic mass is 9.73. The summed E-state index contributed by atoms with van der Waals surface area (Å²) in [5.41, 5.74) is 4.15. The van der Waals surface area contributed by atoms with Gasteiger partial charge in [0.15, 0.2) is 14.9 Å². The Bertz CT molecular complexity index is 1630. The molecule has 0 amide bonds. The van der Waals surface area contributed by atoms with Gasteiger partial charge in [0.05, 0.1) is 12.8 Å². The number of carbonyl (C=O) groups excluding carboxylic acids is 3. The van der Waals surface area contributed by atoms with Gasteiger partial charge in [-0.05, 0) is 103 Å². The SMILES string of the molecule is C[C@@H](CC[C@@H]1[C@H]2Cc3cccc(OCC(=O)OCc4ccccc4)c3C[C@H]2C[C@H]1OC(=O)CCC(=O)OCc1ccccc1)O[Si](C)(C)C(C)(C)C. The molecule has 0 spiro atoms. The molecule has 0 N–H and O–H groups in total. The average molecular weight is 729 g/mol. The number of hydrogen-bond donors (Lipinski definition) is 0. The molecule has 0 radical (unpaired) electrons. The molecule has 0 saturated heterocycles. The molecular weight excluding hydrogens is 673 g/mol. The Labute approximate surface area is 310 Å². The summed E-state index contributed by atoms with van der Waals surface area (Å²) in [4.78, 5) is 38.2.